The van der Waals surface area contributed by atoms with E-state index in [0.29, 0.717) is 0 Å². The molecule has 0 aromatic rings. The minimum absolute atomic E-state index is 0. The second-order valence-corrected chi connectivity index (χ2v) is 1.50. The fourth-order valence-corrected chi connectivity index (χ4v) is 0. The van der Waals surface area contributed by atoms with E-state index < -0.39 is 9.05 Å². The van der Waals surface area contributed by atoms with Crippen LogP contribution < -0.4 is 94.6 Å². The Labute approximate surface area is 108 Å². The molecule has 10 heavy (non-hydrogen) atoms. The quantitative estimate of drug-likeness (QED) is 0.308. The Morgan fingerprint density at radius 2 is 0.600 bits per heavy atom. The molecule has 0 aromatic carbocycles. The van der Waals surface area contributed by atoms with Gasteiger partial charge in [-0.25, -0.2) is 0 Å². The Bertz CT molecular complexity index is 29.1. The van der Waals surface area contributed by atoms with Crippen molar-refractivity contribution in [3.05, 3.63) is 0 Å². The molecule has 2 N–H and O–H groups in total. The molecule has 0 aliphatic heterocycles. The molecule has 0 rings (SSSR count). The van der Waals surface area contributed by atoms with E-state index in [4.69, 9.17) is 19.2 Å². The molecular formula is H2Li4O5Si. The van der Waals surface area contributed by atoms with Gasteiger partial charge in [-0.05, 0) is 0 Å². The normalized spacial score (nSPS) is 6.00. The van der Waals surface area contributed by atoms with Gasteiger partial charge in [-0.2, -0.15) is 0 Å². The largest absolute Gasteiger partial charge is 1.00 e. The third-order valence-electron chi connectivity index (χ3n) is 0. The molecule has 0 bridgehead atoms. The molecule has 0 heterocycles. The van der Waals surface area contributed by atoms with Gasteiger partial charge in [0.15, 0.2) is 0 Å². The molecule has 10 heteroatoms. The van der Waals surface area contributed by atoms with Crippen LogP contribution in [0.2, 0.25) is 0 Å². The molecule has 0 saturated heterocycles. The van der Waals surface area contributed by atoms with Crippen LogP contribution in [0.5, 0.6) is 0 Å². The molecule has 0 aromatic heterocycles. The summed E-state index contributed by atoms with van der Waals surface area (Å²) in [4.78, 5) is 34.3. The van der Waals surface area contributed by atoms with Gasteiger partial charge in [0, 0.05) is 0 Å². The van der Waals surface area contributed by atoms with Crippen molar-refractivity contribution in [3.63, 3.8) is 0 Å². The van der Waals surface area contributed by atoms with Crippen LogP contribution in [0.4, 0.5) is 0 Å². The van der Waals surface area contributed by atoms with Crippen molar-refractivity contribution in [2.45, 2.75) is 0 Å². The molecule has 0 atom stereocenters. The van der Waals surface area contributed by atoms with Crippen LogP contribution in [0, 0.1) is 0 Å². The predicted octanol–water partition coefficient (Wildman–Crippen LogP) is -17.9. The first-order valence-electron chi connectivity index (χ1n) is 0.816. The Hall–Kier alpha value is 2.41. The second kappa shape index (κ2) is 17.5. The summed E-state index contributed by atoms with van der Waals surface area (Å²) < 4.78 is 0. The zero-order valence-electron chi connectivity index (χ0n) is 6.63. The van der Waals surface area contributed by atoms with E-state index in [0.717, 1.165) is 0 Å². The number of rotatable bonds is 0. The molecule has 0 aliphatic carbocycles. The van der Waals surface area contributed by atoms with E-state index in [1.807, 2.05) is 0 Å². The third kappa shape index (κ3) is 159. The van der Waals surface area contributed by atoms with Crippen molar-refractivity contribution in [1.29, 1.82) is 0 Å². The average Bonchev–Trinajstić information content (AvgIpc) is 0.722. The summed E-state index contributed by atoms with van der Waals surface area (Å²) in [6.45, 7) is 0. The summed E-state index contributed by atoms with van der Waals surface area (Å²) in [5, 5.41) is 0. The second-order valence-electron chi connectivity index (χ2n) is 0.500. The zero-order valence-corrected chi connectivity index (χ0v) is 7.63. The fourth-order valence-electron chi connectivity index (χ4n) is 0. The average molecular weight is 138 g/mol. The monoisotopic (exact) mass is 138 g/mol. The Morgan fingerprint density at radius 3 is 0.600 bits per heavy atom. The number of hydrogen-bond acceptors (Lipinski definition) is 4. The zero-order chi connectivity index (χ0) is 4.50. The van der Waals surface area contributed by atoms with E-state index in [9.17, 15) is 0 Å². The molecule has 0 unspecified atom stereocenters. The van der Waals surface area contributed by atoms with Gasteiger partial charge in [-0.1, -0.05) is 0 Å². The van der Waals surface area contributed by atoms with Crippen LogP contribution in [0.3, 0.4) is 0 Å². The molecule has 0 amide bonds. The molecular weight excluding hydrogens is 136 g/mol. The Balaban J connectivity index is -0.00000000800. The number of hydrogen-bond donors (Lipinski definition) is 0. The molecule has 0 fully saturated rings. The minimum Gasteiger partial charge on any atom is -0.894 e. The van der Waals surface area contributed by atoms with Crippen LogP contribution in [-0.4, -0.2) is 14.5 Å². The topological polar surface area (TPSA) is 124 Å². The van der Waals surface area contributed by atoms with Crippen LogP contribution in [0.1, 0.15) is 0 Å². The van der Waals surface area contributed by atoms with E-state index in [1.165, 1.54) is 0 Å². The van der Waals surface area contributed by atoms with E-state index in [1.54, 1.807) is 0 Å². The molecule has 0 aliphatic rings. The first kappa shape index (κ1) is 39.3. The molecule has 0 saturated carbocycles. The molecule has 0 spiro atoms. The van der Waals surface area contributed by atoms with Crippen molar-refractivity contribution >= 4 is 9.05 Å². The predicted molar refractivity (Wildman–Crippen MR) is 9.37 cm³/mol. The summed E-state index contributed by atoms with van der Waals surface area (Å²) in [5.41, 5.74) is 0. The van der Waals surface area contributed by atoms with E-state index in [-0.39, 0.29) is 80.9 Å². The van der Waals surface area contributed by atoms with Gasteiger partial charge < -0.3 is 33.7 Å². The van der Waals surface area contributed by atoms with Crippen molar-refractivity contribution in [2.24, 2.45) is 0 Å². The van der Waals surface area contributed by atoms with Gasteiger partial charge >= 0.3 is 75.4 Å². The van der Waals surface area contributed by atoms with Crippen LogP contribution in [-0.2, 0) is 0 Å². The van der Waals surface area contributed by atoms with E-state index >= 15 is 0 Å². The first-order chi connectivity index (χ1) is 2.00. The summed E-state index contributed by atoms with van der Waals surface area (Å²) in [5.74, 6) is 0. The maximum atomic E-state index is 8.58. The van der Waals surface area contributed by atoms with Crippen LogP contribution >= 0.6 is 0 Å². The van der Waals surface area contributed by atoms with Crippen molar-refractivity contribution < 1.29 is 100 Å². The van der Waals surface area contributed by atoms with Gasteiger partial charge in [-0.3, -0.25) is 0 Å². The van der Waals surface area contributed by atoms with Crippen LogP contribution in [0.15, 0.2) is 0 Å². The Morgan fingerprint density at radius 1 is 0.600 bits per heavy atom. The van der Waals surface area contributed by atoms with Gasteiger partial charge in [0.25, 0.3) is 0 Å². The third-order valence-corrected chi connectivity index (χ3v) is 0. The van der Waals surface area contributed by atoms with Gasteiger partial charge in [-0.15, -0.1) is 0 Å². The molecule has 0 radical (unpaired) electrons. The standard InChI is InChI=1S/4Li.O4Si.H2O/c;;;;1-5(2,3)4;/h;;;;;1H2/q4*+1;-4;. The van der Waals surface area contributed by atoms with Gasteiger partial charge in [0.05, 0.1) is 0 Å². The summed E-state index contributed by atoms with van der Waals surface area (Å²) in [6.07, 6.45) is 0. The van der Waals surface area contributed by atoms with Crippen molar-refractivity contribution in [1.82, 2.24) is 0 Å². The van der Waals surface area contributed by atoms with Crippen LogP contribution in [0.25, 0.3) is 0 Å². The maximum absolute atomic E-state index is 8.58. The van der Waals surface area contributed by atoms with E-state index in [2.05, 4.69) is 0 Å². The Kier molecular flexibility index (Phi) is 68.7. The smallest absolute Gasteiger partial charge is 0.894 e. The molecule has 5 nitrogen and oxygen atoms in total. The van der Waals surface area contributed by atoms with Gasteiger partial charge in [0.1, 0.15) is 0 Å². The fraction of sp³-hybridized carbons (Fsp3) is 0. The van der Waals surface area contributed by atoms with Crippen molar-refractivity contribution in [3.8, 4) is 0 Å². The van der Waals surface area contributed by atoms with Gasteiger partial charge in [0.2, 0.25) is 0 Å². The summed E-state index contributed by atoms with van der Waals surface area (Å²) in [7, 11) is -5.61. The first-order valence-corrected chi connectivity index (χ1v) is 2.45. The summed E-state index contributed by atoms with van der Waals surface area (Å²) >= 11 is 0. The maximum Gasteiger partial charge on any atom is 1.00 e. The minimum atomic E-state index is -5.61. The molecule has 40 valence electrons. The summed E-state index contributed by atoms with van der Waals surface area (Å²) in [6, 6.07) is 0. The van der Waals surface area contributed by atoms with Crippen molar-refractivity contribution in [2.75, 3.05) is 0 Å². The SMILES string of the molecule is O.[Li+].[Li+].[Li+].[Li+].[O-][Si]([O-])([O-])[O-].